The first-order valence-corrected chi connectivity index (χ1v) is 19.2. The fraction of sp³-hybridized carbons (Fsp3) is 0.756. The van der Waals surface area contributed by atoms with Crippen molar-refractivity contribution >= 4 is 11.9 Å². The van der Waals surface area contributed by atoms with Crippen LogP contribution in [0.5, 0.6) is 0 Å². The van der Waals surface area contributed by atoms with Gasteiger partial charge in [-0.15, -0.1) is 0 Å². The molecule has 1 atom stereocenters. The van der Waals surface area contributed by atoms with Crippen LogP contribution in [0.15, 0.2) is 48.6 Å². The summed E-state index contributed by atoms with van der Waals surface area (Å²) < 4.78 is 10.6. The number of esters is 2. The van der Waals surface area contributed by atoms with E-state index >= 15 is 0 Å². The molecule has 46 heavy (non-hydrogen) atoms. The van der Waals surface area contributed by atoms with E-state index in [-0.39, 0.29) is 31.6 Å². The molecule has 0 heterocycles. The lowest BCUT2D eigenvalue weighted by Crippen LogP contribution is -2.28. The Morgan fingerprint density at radius 1 is 0.500 bits per heavy atom. The van der Waals surface area contributed by atoms with Crippen LogP contribution in [0.4, 0.5) is 0 Å². The molecule has 0 spiro atoms. The molecule has 0 aliphatic rings. The lowest BCUT2D eigenvalue weighted by molar-refractivity contribution is -0.161. The minimum Gasteiger partial charge on any atom is -0.462 e. The van der Waals surface area contributed by atoms with E-state index in [1.165, 1.54) is 103 Å². The van der Waals surface area contributed by atoms with Crippen molar-refractivity contribution in [1.82, 2.24) is 0 Å². The second kappa shape index (κ2) is 37.3. The summed E-state index contributed by atoms with van der Waals surface area (Å²) in [6, 6.07) is 0. The summed E-state index contributed by atoms with van der Waals surface area (Å²) in [7, 11) is 0. The number of allylic oxidation sites excluding steroid dienone is 8. The molecule has 5 nitrogen and oxygen atoms in total. The molecule has 0 rings (SSSR count). The largest absolute Gasteiger partial charge is 0.462 e. The highest BCUT2D eigenvalue weighted by atomic mass is 16.6. The van der Waals surface area contributed by atoms with Gasteiger partial charge in [0.2, 0.25) is 0 Å². The Bertz CT molecular complexity index is 782. The molecule has 0 unspecified atom stereocenters. The summed E-state index contributed by atoms with van der Waals surface area (Å²) in [5, 5.41) is 9.53. The third kappa shape index (κ3) is 34.7. The summed E-state index contributed by atoms with van der Waals surface area (Å²) in [6.45, 7) is 4.06. The Labute approximate surface area is 284 Å². The quantitative estimate of drug-likeness (QED) is 0.0429. The highest BCUT2D eigenvalue weighted by Gasteiger charge is 2.15. The van der Waals surface area contributed by atoms with E-state index in [4.69, 9.17) is 9.47 Å². The molecule has 5 heteroatoms. The molecule has 0 aliphatic heterocycles. The smallest absolute Gasteiger partial charge is 0.306 e. The Morgan fingerprint density at radius 2 is 0.891 bits per heavy atom. The van der Waals surface area contributed by atoms with Crippen LogP contribution >= 0.6 is 0 Å². The van der Waals surface area contributed by atoms with Gasteiger partial charge in [0.25, 0.3) is 0 Å². The summed E-state index contributed by atoms with van der Waals surface area (Å²) >= 11 is 0. The standard InChI is InChI=1S/C41H72O5/c1-3-5-7-9-11-13-15-17-19-20-22-24-26-28-30-32-34-36-41(44)46-39(37-42)38-45-40(43)35-33-31-29-27-25-23-21-18-16-14-12-10-8-6-4-2/h11,13,17,19,22,24,28,30,39,42H,3-10,12,14-16,18,20-21,23,25-27,29,31-38H2,1-2H3/b13-11+,19-17+,24-22-,30-28-/t39-/m1/s1. The average Bonchev–Trinajstić information content (AvgIpc) is 3.06. The molecule has 1 N–H and O–H groups in total. The molecule has 0 aromatic heterocycles. The molecule has 0 radical (unpaired) electrons. The first kappa shape index (κ1) is 43.9. The van der Waals surface area contributed by atoms with Crippen LogP contribution in [-0.2, 0) is 19.1 Å². The zero-order chi connectivity index (χ0) is 33.6. The number of rotatable bonds is 34. The average molecular weight is 645 g/mol. The van der Waals surface area contributed by atoms with Crippen molar-refractivity contribution in [3.8, 4) is 0 Å². The topological polar surface area (TPSA) is 72.8 Å². The number of aliphatic hydroxyl groups excluding tert-OH is 1. The molecule has 0 amide bonds. The summed E-state index contributed by atoms with van der Waals surface area (Å²) in [6.07, 6.45) is 46.0. The first-order valence-electron chi connectivity index (χ1n) is 19.2. The minimum absolute atomic E-state index is 0.0863. The van der Waals surface area contributed by atoms with Crippen molar-refractivity contribution in [1.29, 1.82) is 0 Å². The third-order valence-corrected chi connectivity index (χ3v) is 8.13. The van der Waals surface area contributed by atoms with Crippen molar-refractivity contribution in [2.45, 2.75) is 187 Å². The van der Waals surface area contributed by atoms with E-state index in [0.717, 1.165) is 44.9 Å². The Morgan fingerprint density at radius 3 is 1.37 bits per heavy atom. The normalized spacial score (nSPS) is 12.7. The van der Waals surface area contributed by atoms with Crippen LogP contribution in [0.1, 0.15) is 181 Å². The van der Waals surface area contributed by atoms with Gasteiger partial charge in [0.05, 0.1) is 6.61 Å². The maximum absolute atomic E-state index is 12.1. The zero-order valence-corrected chi connectivity index (χ0v) is 30.1. The van der Waals surface area contributed by atoms with Crippen LogP contribution in [0, 0.1) is 0 Å². The highest BCUT2D eigenvalue weighted by Crippen LogP contribution is 2.14. The van der Waals surface area contributed by atoms with Crippen molar-refractivity contribution in [2.75, 3.05) is 13.2 Å². The molecule has 0 saturated carbocycles. The van der Waals surface area contributed by atoms with Crippen LogP contribution in [0.3, 0.4) is 0 Å². The first-order chi connectivity index (χ1) is 22.6. The van der Waals surface area contributed by atoms with Gasteiger partial charge < -0.3 is 14.6 Å². The minimum atomic E-state index is -0.797. The zero-order valence-electron chi connectivity index (χ0n) is 30.1. The second-order valence-electron chi connectivity index (χ2n) is 12.7. The van der Waals surface area contributed by atoms with Crippen LogP contribution < -0.4 is 0 Å². The molecule has 0 aliphatic carbocycles. The van der Waals surface area contributed by atoms with Gasteiger partial charge >= 0.3 is 11.9 Å². The number of hydrogen-bond acceptors (Lipinski definition) is 5. The number of aliphatic hydroxyl groups is 1. The molecular weight excluding hydrogens is 572 g/mol. The van der Waals surface area contributed by atoms with Crippen molar-refractivity contribution in [2.24, 2.45) is 0 Å². The van der Waals surface area contributed by atoms with Crippen LogP contribution in [0.2, 0.25) is 0 Å². The predicted molar refractivity (Wildman–Crippen MR) is 196 cm³/mol. The van der Waals surface area contributed by atoms with E-state index in [1.54, 1.807) is 0 Å². The van der Waals surface area contributed by atoms with E-state index in [0.29, 0.717) is 12.8 Å². The van der Waals surface area contributed by atoms with Gasteiger partial charge in [-0.3, -0.25) is 9.59 Å². The van der Waals surface area contributed by atoms with Crippen molar-refractivity contribution < 1.29 is 24.2 Å². The fourth-order valence-electron chi connectivity index (χ4n) is 5.19. The molecule has 0 saturated heterocycles. The Kier molecular flexibility index (Phi) is 35.6. The molecular formula is C41H72O5. The van der Waals surface area contributed by atoms with Gasteiger partial charge in [-0.05, 0) is 51.4 Å². The van der Waals surface area contributed by atoms with Crippen molar-refractivity contribution in [3.05, 3.63) is 48.6 Å². The number of hydrogen-bond donors (Lipinski definition) is 1. The number of carbonyl (C=O) groups excluding carboxylic acids is 2. The molecule has 266 valence electrons. The van der Waals surface area contributed by atoms with Crippen LogP contribution in [0.25, 0.3) is 0 Å². The van der Waals surface area contributed by atoms with Gasteiger partial charge in [-0.2, -0.15) is 0 Å². The maximum atomic E-state index is 12.1. The molecule has 0 aromatic carbocycles. The number of ether oxygens (including phenoxy) is 2. The van der Waals surface area contributed by atoms with Crippen molar-refractivity contribution in [3.63, 3.8) is 0 Å². The Hall–Kier alpha value is -2.14. The third-order valence-electron chi connectivity index (χ3n) is 8.13. The van der Waals surface area contributed by atoms with E-state index in [9.17, 15) is 14.7 Å². The number of unbranched alkanes of at least 4 members (excludes halogenated alkanes) is 18. The highest BCUT2D eigenvalue weighted by molar-refractivity contribution is 5.70. The number of carbonyl (C=O) groups is 2. The second-order valence-corrected chi connectivity index (χ2v) is 12.7. The van der Waals surface area contributed by atoms with E-state index < -0.39 is 6.10 Å². The van der Waals surface area contributed by atoms with Gasteiger partial charge in [0.15, 0.2) is 6.10 Å². The molecule has 0 aromatic rings. The van der Waals surface area contributed by atoms with Gasteiger partial charge in [0.1, 0.15) is 6.61 Å². The van der Waals surface area contributed by atoms with Crippen LogP contribution in [-0.4, -0.2) is 36.4 Å². The lowest BCUT2D eigenvalue weighted by Gasteiger charge is -2.15. The van der Waals surface area contributed by atoms with Gasteiger partial charge in [0, 0.05) is 12.8 Å². The molecule has 0 bridgehead atoms. The van der Waals surface area contributed by atoms with E-state index in [1.807, 2.05) is 0 Å². The summed E-state index contributed by atoms with van der Waals surface area (Å²) in [4.78, 5) is 24.2. The van der Waals surface area contributed by atoms with Gasteiger partial charge in [-0.25, -0.2) is 0 Å². The van der Waals surface area contributed by atoms with E-state index in [2.05, 4.69) is 62.5 Å². The lowest BCUT2D eigenvalue weighted by atomic mass is 10.0. The monoisotopic (exact) mass is 645 g/mol. The van der Waals surface area contributed by atoms with Gasteiger partial charge in [-0.1, -0.05) is 165 Å². The fourth-order valence-corrected chi connectivity index (χ4v) is 5.19. The predicted octanol–water partition coefficient (Wildman–Crippen LogP) is 11.8. The molecule has 0 fully saturated rings. The SMILES string of the molecule is CCCCC/C=C/C/C=C/C/C=C\C/C=C\CCCC(=O)O[C@H](CO)COC(=O)CCCCCCCCCCCCCCCCC. The maximum Gasteiger partial charge on any atom is 0.306 e. The summed E-state index contributed by atoms with van der Waals surface area (Å²) in [5.74, 6) is -0.655. The summed E-state index contributed by atoms with van der Waals surface area (Å²) in [5.41, 5.74) is 0. The Balaban J connectivity index is 3.66.